The standard InChI is InChI=1S/C15H20ClN3O2/c1-10(12-4-2-3-5-13(12)16)19(11-6-7-11)9-8-14(20)18-15(17)21/h2-5,10-11H,6-9H2,1H3,(H3,17,18,20,21). The lowest BCUT2D eigenvalue weighted by atomic mass is 10.1. The second kappa shape index (κ2) is 6.91. The average molecular weight is 310 g/mol. The summed E-state index contributed by atoms with van der Waals surface area (Å²) in [5.41, 5.74) is 6.00. The molecule has 1 aromatic rings. The Morgan fingerprint density at radius 3 is 2.67 bits per heavy atom. The number of halogens is 1. The van der Waals surface area contributed by atoms with Crippen molar-refractivity contribution in [2.75, 3.05) is 6.54 Å². The van der Waals surface area contributed by atoms with E-state index in [1.807, 2.05) is 24.3 Å². The van der Waals surface area contributed by atoms with E-state index in [0.717, 1.165) is 23.4 Å². The molecule has 1 aliphatic rings. The summed E-state index contributed by atoms with van der Waals surface area (Å²) in [4.78, 5) is 24.5. The highest BCUT2D eigenvalue weighted by Crippen LogP contribution is 2.36. The molecule has 0 saturated heterocycles. The minimum Gasteiger partial charge on any atom is -0.351 e. The molecule has 2 rings (SSSR count). The Labute approximate surface area is 129 Å². The molecule has 1 atom stereocenters. The van der Waals surface area contributed by atoms with Crippen molar-refractivity contribution in [2.24, 2.45) is 5.73 Å². The molecule has 0 radical (unpaired) electrons. The Morgan fingerprint density at radius 2 is 2.10 bits per heavy atom. The zero-order valence-corrected chi connectivity index (χ0v) is 12.8. The van der Waals surface area contributed by atoms with Gasteiger partial charge in [-0.25, -0.2) is 4.79 Å². The third kappa shape index (κ3) is 4.44. The van der Waals surface area contributed by atoms with Crippen LogP contribution >= 0.6 is 11.6 Å². The van der Waals surface area contributed by atoms with Crippen LogP contribution in [-0.2, 0) is 4.79 Å². The molecule has 0 heterocycles. The van der Waals surface area contributed by atoms with E-state index in [1.54, 1.807) is 0 Å². The van der Waals surface area contributed by atoms with E-state index < -0.39 is 6.03 Å². The summed E-state index contributed by atoms with van der Waals surface area (Å²) in [5, 5.41) is 2.83. The number of carbonyl (C=O) groups is 2. The fraction of sp³-hybridized carbons (Fsp3) is 0.467. The molecule has 0 bridgehead atoms. The van der Waals surface area contributed by atoms with Crippen LogP contribution in [-0.4, -0.2) is 29.4 Å². The van der Waals surface area contributed by atoms with Crippen molar-refractivity contribution >= 4 is 23.5 Å². The SMILES string of the molecule is CC(c1ccccc1Cl)N(CCC(=O)NC(N)=O)C1CC1. The maximum Gasteiger partial charge on any atom is 0.318 e. The summed E-state index contributed by atoms with van der Waals surface area (Å²) in [5.74, 6) is -0.348. The van der Waals surface area contributed by atoms with Crippen LogP contribution in [0.2, 0.25) is 5.02 Å². The van der Waals surface area contributed by atoms with Crippen molar-refractivity contribution in [3.05, 3.63) is 34.9 Å². The zero-order chi connectivity index (χ0) is 15.4. The first-order valence-electron chi connectivity index (χ1n) is 7.08. The van der Waals surface area contributed by atoms with Gasteiger partial charge in [0.05, 0.1) is 0 Å². The Bertz CT molecular complexity index is 531. The van der Waals surface area contributed by atoms with E-state index in [-0.39, 0.29) is 18.4 Å². The van der Waals surface area contributed by atoms with Gasteiger partial charge in [-0.1, -0.05) is 29.8 Å². The first-order valence-corrected chi connectivity index (χ1v) is 7.46. The minimum atomic E-state index is -0.808. The molecule has 1 aromatic carbocycles. The monoisotopic (exact) mass is 309 g/mol. The van der Waals surface area contributed by atoms with Gasteiger partial charge in [-0.15, -0.1) is 0 Å². The van der Waals surface area contributed by atoms with Crippen LogP contribution in [0.4, 0.5) is 4.79 Å². The Balaban J connectivity index is 2.00. The van der Waals surface area contributed by atoms with E-state index in [9.17, 15) is 9.59 Å². The molecule has 3 N–H and O–H groups in total. The summed E-state index contributed by atoms with van der Waals surface area (Å²) in [7, 11) is 0. The summed E-state index contributed by atoms with van der Waals surface area (Å²) in [6, 6.07) is 7.55. The number of nitrogens with zero attached hydrogens (tertiary/aromatic N) is 1. The highest BCUT2D eigenvalue weighted by atomic mass is 35.5. The number of amides is 3. The van der Waals surface area contributed by atoms with Crippen LogP contribution in [0.3, 0.4) is 0 Å². The second-order valence-electron chi connectivity index (χ2n) is 5.33. The van der Waals surface area contributed by atoms with Gasteiger partial charge < -0.3 is 5.73 Å². The van der Waals surface area contributed by atoms with Gasteiger partial charge in [-0.05, 0) is 31.4 Å². The third-order valence-corrected chi connectivity index (χ3v) is 4.07. The highest BCUT2D eigenvalue weighted by Gasteiger charge is 2.33. The summed E-state index contributed by atoms with van der Waals surface area (Å²) >= 11 is 6.25. The quantitative estimate of drug-likeness (QED) is 0.847. The van der Waals surface area contributed by atoms with Gasteiger partial charge in [0.2, 0.25) is 5.91 Å². The van der Waals surface area contributed by atoms with E-state index in [2.05, 4.69) is 17.1 Å². The van der Waals surface area contributed by atoms with Gasteiger partial charge in [0.25, 0.3) is 0 Å². The summed E-state index contributed by atoms with van der Waals surface area (Å²) in [6.45, 7) is 2.67. The lowest BCUT2D eigenvalue weighted by Gasteiger charge is -2.29. The van der Waals surface area contributed by atoms with Crippen molar-refractivity contribution in [2.45, 2.75) is 38.3 Å². The maximum absolute atomic E-state index is 11.6. The van der Waals surface area contributed by atoms with Crippen LogP contribution in [0.1, 0.15) is 37.8 Å². The van der Waals surface area contributed by atoms with Crippen LogP contribution in [0.5, 0.6) is 0 Å². The molecule has 5 nitrogen and oxygen atoms in total. The van der Waals surface area contributed by atoms with E-state index in [0.29, 0.717) is 12.6 Å². The molecular weight excluding hydrogens is 290 g/mol. The van der Waals surface area contributed by atoms with Crippen molar-refractivity contribution in [1.82, 2.24) is 10.2 Å². The summed E-state index contributed by atoms with van der Waals surface area (Å²) < 4.78 is 0. The molecule has 6 heteroatoms. The highest BCUT2D eigenvalue weighted by molar-refractivity contribution is 6.31. The Morgan fingerprint density at radius 1 is 1.43 bits per heavy atom. The van der Waals surface area contributed by atoms with Crippen LogP contribution < -0.4 is 11.1 Å². The van der Waals surface area contributed by atoms with E-state index in [1.165, 1.54) is 0 Å². The molecule has 3 amide bonds. The van der Waals surface area contributed by atoms with E-state index >= 15 is 0 Å². The molecule has 0 aliphatic heterocycles. The summed E-state index contributed by atoms with van der Waals surface area (Å²) in [6.07, 6.45) is 2.51. The molecule has 21 heavy (non-hydrogen) atoms. The predicted molar refractivity (Wildman–Crippen MR) is 81.9 cm³/mol. The average Bonchev–Trinajstić information content (AvgIpc) is 3.23. The van der Waals surface area contributed by atoms with E-state index in [4.69, 9.17) is 17.3 Å². The number of hydrogen-bond acceptors (Lipinski definition) is 3. The number of hydrogen-bond donors (Lipinski definition) is 2. The zero-order valence-electron chi connectivity index (χ0n) is 12.0. The Hall–Kier alpha value is -1.59. The molecule has 0 aromatic heterocycles. The van der Waals surface area contributed by atoms with Gasteiger partial charge in [-0.2, -0.15) is 0 Å². The number of rotatable bonds is 6. The van der Waals surface area contributed by atoms with Crippen molar-refractivity contribution < 1.29 is 9.59 Å². The lowest BCUT2D eigenvalue weighted by Crippen LogP contribution is -2.38. The number of nitrogens with two attached hydrogens (primary N) is 1. The minimum absolute atomic E-state index is 0.132. The van der Waals surface area contributed by atoms with Gasteiger partial charge in [-0.3, -0.25) is 15.0 Å². The second-order valence-corrected chi connectivity index (χ2v) is 5.74. The van der Waals surface area contributed by atoms with Crippen LogP contribution in [0.15, 0.2) is 24.3 Å². The number of urea groups is 1. The van der Waals surface area contributed by atoms with Crippen molar-refractivity contribution in [3.8, 4) is 0 Å². The van der Waals surface area contributed by atoms with Crippen molar-refractivity contribution in [3.63, 3.8) is 0 Å². The number of benzene rings is 1. The maximum atomic E-state index is 11.6. The number of imide groups is 1. The first kappa shape index (κ1) is 15.8. The van der Waals surface area contributed by atoms with Gasteiger partial charge in [0.1, 0.15) is 0 Å². The molecule has 1 unspecified atom stereocenters. The smallest absolute Gasteiger partial charge is 0.318 e. The largest absolute Gasteiger partial charge is 0.351 e. The van der Waals surface area contributed by atoms with Crippen LogP contribution in [0, 0.1) is 0 Å². The van der Waals surface area contributed by atoms with Gasteiger partial charge >= 0.3 is 6.03 Å². The number of nitrogens with one attached hydrogen (secondary N) is 1. The number of primary amides is 1. The normalized spacial score (nSPS) is 15.8. The Kier molecular flexibility index (Phi) is 5.20. The molecule has 114 valence electrons. The molecule has 1 aliphatic carbocycles. The first-order chi connectivity index (χ1) is 9.99. The lowest BCUT2D eigenvalue weighted by molar-refractivity contribution is -0.120. The van der Waals surface area contributed by atoms with Crippen LogP contribution in [0.25, 0.3) is 0 Å². The third-order valence-electron chi connectivity index (χ3n) is 3.73. The van der Waals surface area contributed by atoms with Gasteiger partial charge in [0, 0.05) is 30.1 Å². The molecule has 1 fully saturated rings. The molecule has 0 spiro atoms. The molecule has 1 saturated carbocycles. The fourth-order valence-corrected chi connectivity index (χ4v) is 2.82. The fourth-order valence-electron chi connectivity index (χ4n) is 2.52. The van der Waals surface area contributed by atoms with Gasteiger partial charge in [0.15, 0.2) is 0 Å². The van der Waals surface area contributed by atoms with Crippen molar-refractivity contribution in [1.29, 1.82) is 0 Å². The topological polar surface area (TPSA) is 75.4 Å². The molecular formula is C15H20ClN3O2. The number of carbonyl (C=O) groups excluding carboxylic acids is 2. The predicted octanol–water partition coefficient (Wildman–Crippen LogP) is 2.45.